The molecule has 0 spiro atoms. The number of ketones is 2. The number of anilines is 1. The van der Waals surface area contributed by atoms with Gasteiger partial charge in [0, 0.05) is 28.0 Å². The fourth-order valence-electron chi connectivity index (χ4n) is 9.07. The van der Waals surface area contributed by atoms with Gasteiger partial charge in [-0.25, -0.2) is 0 Å². The Balaban J connectivity index is 1.36. The van der Waals surface area contributed by atoms with Crippen LogP contribution in [0.1, 0.15) is 35.4 Å². The zero-order valence-corrected chi connectivity index (χ0v) is 27.8. The molecular formula is C42H34ClNO6. The number of hydrogen-bond donors (Lipinski definition) is 1. The molecule has 2 fully saturated rings. The van der Waals surface area contributed by atoms with E-state index < -0.39 is 35.0 Å². The Kier molecular flexibility index (Phi) is 8.13. The number of para-hydroxylation sites is 1. The van der Waals surface area contributed by atoms with Crippen molar-refractivity contribution in [2.24, 2.45) is 23.7 Å². The number of fused-ring (bicyclic) bond motifs is 4. The van der Waals surface area contributed by atoms with Gasteiger partial charge in [0.25, 0.3) is 0 Å². The molecule has 0 aromatic heterocycles. The fourth-order valence-corrected chi connectivity index (χ4v) is 9.20. The fraction of sp³-hybridized carbons (Fsp3) is 0.238. The monoisotopic (exact) mass is 683 g/mol. The van der Waals surface area contributed by atoms with Crippen LogP contribution in [0.3, 0.4) is 0 Å². The normalized spacial score (nSPS) is 27.2. The molecule has 1 heterocycles. The Labute approximate surface area is 294 Å². The van der Waals surface area contributed by atoms with Gasteiger partial charge in [-0.2, -0.15) is 0 Å². The van der Waals surface area contributed by atoms with Crippen LogP contribution in [0.4, 0.5) is 5.69 Å². The van der Waals surface area contributed by atoms with Crippen LogP contribution in [0.5, 0.6) is 5.75 Å². The van der Waals surface area contributed by atoms with Gasteiger partial charge in [-0.1, -0.05) is 102 Å². The summed E-state index contributed by atoms with van der Waals surface area (Å²) in [6.07, 6.45) is 4.06. The molecule has 1 N–H and O–H groups in total. The van der Waals surface area contributed by atoms with Crippen LogP contribution in [0, 0.1) is 23.7 Å². The lowest BCUT2D eigenvalue weighted by Crippen LogP contribution is -2.58. The molecule has 0 radical (unpaired) electrons. The molecule has 7 nitrogen and oxygen atoms in total. The first-order valence-electron chi connectivity index (χ1n) is 16.9. The predicted molar refractivity (Wildman–Crippen MR) is 190 cm³/mol. The number of hydrogen-bond acceptors (Lipinski definition) is 6. The van der Waals surface area contributed by atoms with E-state index in [1.807, 2.05) is 84.9 Å². The van der Waals surface area contributed by atoms with Gasteiger partial charge in [0.1, 0.15) is 12.4 Å². The SMILES string of the molecule is O=C1C(c2ccccc2)=CC(=O)[C@@]2(c3ccccc3)[C@@H](c3ccccc3OCCO)C3=CC[C@@H]4C(=O)N(c5ccc(Cl)cc5)C(=O)[C@@H]4[C@@H]3C[C@@H]12. The average molecular weight is 684 g/mol. The van der Waals surface area contributed by atoms with E-state index in [1.165, 1.54) is 11.0 Å². The second kappa shape index (κ2) is 12.7. The minimum Gasteiger partial charge on any atom is -0.491 e. The molecule has 2 amide bonds. The molecule has 4 aromatic rings. The average Bonchev–Trinajstić information content (AvgIpc) is 3.41. The number of aliphatic hydroxyl groups is 1. The minimum absolute atomic E-state index is 0.0344. The van der Waals surface area contributed by atoms with Gasteiger partial charge in [-0.05, 0) is 66.3 Å². The Hall–Kier alpha value is -5.11. The van der Waals surface area contributed by atoms with Crippen molar-refractivity contribution < 1.29 is 29.0 Å². The highest BCUT2D eigenvalue weighted by Gasteiger charge is 2.66. The van der Waals surface area contributed by atoms with Crippen molar-refractivity contribution in [1.82, 2.24) is 0 Å². The molecule has 8 rings (SSSR count). The zero-order chi connectivity index (χ0) is 34.6. The molecule has 1 saturated heterocycles. The third-order valence-electron chi connectivity index (χ3n) is 11.0. The van der Waals surface area contributed by atoms with Crippen molar-refractivity contribution in [1.29, 1.82) is 0 Å². The predicted octanol–water partition coefficient (Wildman–Crippen LogP) is 6.74. The highest BCUT2D eigenvalue weighted by Crippen LogP contribution is 2.64. The first-order chi connectivity index (χ1) is 24.4. The van der Waals surface area contributed by atoms with Gasteiger partial charge in [-0.15, -0.1) is 0 Å². The quantitative estimate of drug-likeness (QED) is 0.171. The van der Waals surface area contributed by atoms with Gasteiger partial charge in [-0.3, -0.25) is 24.1 Å². The van der Waals surface area contributed by atoms with E-state index in [2.05, 4.69) is 0 Å². The molecule has 1 saturated carbocycles. The molecule has 0 unspecified atom stereocenters. The van der Waals surface area contributed by atoms with E-state index in [4.69, 9.17) is 16.3 Å². The summed E-state index contributed by atoms with van der Waals surface area (Å²) in [7, 11) is 0. The van der Waals surface area contributed by atoms with Gasteiger partial charge < -0.3 is 9.84 Å². The number of allylic oxidation sites excluding steroid dienone is 4. The Bertz CT molecular complexity index is 2070. The lowest BCUT2D eigenvalue weighted by Gasteiger charge is -2.55. The number of benzene rings is 4. The van der Waals surface area contributed by atoms with E-state index in [-0.39, 0.29) is 43.0 Å². The molecule has 1 aliphatic heterocycles. The summed E-state index contributed by atoms with van der Waals surface area (Å²) in [6, 6.07) is 32.7. The van der Waals surface area contributed by atoms with Gasteiger partial charge in [0.15, 0.2) is 11.6 Å². The van der Waals surface area contributed by atoms with E-state index in [0.717, 1.165) is 5.57 Å². The van der Waals surface area contributed by atoms with E-state index in [1.54, 1.807) is 30.3 Å². The van der Waals surface area contributed by atoms with Crippen LogP contribution in [0.15, 0.2) is 127 Å². The van der Waals surface area contributed by atoms with Gasteiger partial charge in [0.05, 0.1) is 29.5 Å². The third kappa shape index (κ3) is 4.83. The number of rotatable bonds is 7. The number of ether oxygens (including phenoxy) is 1. The van der Waals surface area contributed by atoms with Crippen LogP contribution in [-0.4, -0.2) is 41.7 Å². The number of imide groups is 1. The smallest absolute Gasteiger partial charge is 0.238 e. The second-order valence-electron chi connectivity index (χ2n) is 13.4. The third-order valence-corrected chi connectivity index (χ3v) is 11.3. The molecule has 4 aromatic carbocycles. The molecule has 4 aliphatic rings. The maximum atomic E-state index is 15.2. The van der Waals surface area contributed by atoms with Crippen LogP contribution in [0.25, 0.3) is 5.57 Å². The highest BCUT2D eigenvalue weighted by atomic mass is 35.5. The summed E-state index contributed by atoms with van der Waals surface area (Å²) >= 11 is 6.15. The zero-order valence-electron chi connectivity index (χ0n) is 27.1. The minimum atomic E-state index is -1.37. The molecule has 0 bridgehead atoms. The molecule has 250 valence electrons. The first kappa shape index (κ1) is 32.1. The maximum Gasteiger partial charge on any atom is 0.238 e. The summed E-state index contributed by atoms with van der Waals surface area (Å²) in [5.41, 5.74) is 2.31. The van der Waals surface area contributed by atoms with Gasteiger partial charge >= 0.3 is 0 Å². The van der Waals surface area contributed by atoms with Crippen LogP contribution in [-0.2, 0) is 24.6 Å². The number of nitrogens with zero attached hydrogens (tertiary/aromatic N) is 1. The largest absolute Gasteiger partial charge is 0.491 e. The summed E-state index contributed by atoms with van der Waals surface area (Å²) in [5, 5.41) is 10.2. The van der Waals surface area contributed by atoms with E-state index in [0.29, 0.717) is 45.1 Å². The van der Waals surface area contributed by atoms with Crippen molar-refractivity contribution in [3.63, 3.8) is 0 Å². The van der Waals surface area contributed by atoms with Crippen molar-refractivity contribution in [2.45, 2.75) is 24.2 Å². The second-order valence-corrected chi connectivity index (χ2v) is 13.8. The first-order valence-corrected chi connectivity index (χ1v) is 17.3. The summed E-state index contributed by atoms with van der Waals surface area (Å²) in [6.45, 7) is -0.176. The van der Waals surface area contributed by atoms with Crippen molar-refractivity contribution in [2.75, 3.05) is 18.1 Å². The number of carbonyl (C=O) groups excluding carboxylic acids is 4. The molecule has 6 atom stereocenters. The molecular weight excluding hydrogens is 650 g/mol. The van der Waals surface area contributed by atoms with Crippen LogP contribution < -0.4 is 9.64 Å². The Morgan fingerprint density at radius 3 is 2.20 bits per heavy atom. The number of carbonyl (C=O) groups is 4. The summed E-state index contributed by atoms with van der Waals surface area (Å²) in [5.74, 6) is -3.91. The van der Waals surface area contributed by atoms with Crippen molar-refractivity contribution in [3.8, 4) is 5.75 Å². The van der Waals surface area contributed by atoms with E-state index >= 15 is 9.59 Å². The molecule has 50 heavy (non-hydrogen) atoms. The standard InChI is InChI=1S/C42H34ClNO6/c43-27-15-17-28(18-16-27)44-40(48)31-20-19-29-33(37(31)41(44)49)23-34-39(47)32(25-9-3-1-4-10-25)24-36(46)42(34,26-11-5-2-6-12-26)38(29)30-13-7-8-14-35(30)50-22-21-45/h1-19,24,31,33-34,37-38,45H,20-23H2/t31-,33+,34-,37-,38+,42-/m0/s1. The summed E-state index contributed by atoms with van der Waals surface area (Å²) < 4.78 is 6.11. The Morgan fingerprint density at radius 1 is 0.800 bits per heavy atom. The number of amides is 2. The molecule has 3 aliphatic carbocycles. The summed E-state index contributed by atoms with van der Waals surface area (Å²) in [4.78, 5) is 60.1. The van der Waals surface area contributed by atoms with Crippen LogP contribution in [0.2, 0.25) is 5.02 Å². The number of aliphatic hydroxyl groups excluding tert-OH is 1. The van der Waals surface area contributed by atoms with E-state index in [9.17, 15) is 14.7 Å². The topological polar surface area (TPSA) is 101 Å². The van der Waals surface area contributed by atoms with Crippen molar-refractivity contribution >= 4 is 46.2 Å². The number of halogens is 1. The lowest BCUT2D eigenvalue weighted by atomic mass is 9.44. The number of Topliss-reactive ketones (excluding diaryl/α,β-unsaturated/α-hetero) is 1. The maximum absolute atomic E-state index is 15.2. The van der Waals surface area contributed by atoms with Crippen LogP contribution >= 0.6 is 11.6 Å². The van der Waals surface area contributed by atoms with Crippen molar-refractivity contribution in [3.05, 3.63) is 149 Å². The lowest BCUT2D eigenvalue weighted by molar-refractivity contribution is -0.135. The Morgan fingerprint density at radius 2 is 1.48 bits per heavy atom. The highest BCUT2D eigenvalue weighted by molar-refractivity contribution is 6.32. The van der Waals surface area contributed by atoms with Gasteiger partial charge in [0.2, 0.25) is 11.8 Å². The molecule has 8 heteroatoms.